The summed E-state index contributed by atoms with van der Waals surface area (Å²) >= 11 is 0. The number of hydrogen-bond acceptors (Lipinski definition) is 4. The molecule has 0 amide bonds. The second-order valence-corrected chi connectivity index (χ2v) is 7.12. The maximum absolute atomic E-state index is 10.4. The van der Waals surface area contributed by atoms with Crippen LogP contribution < -0.4 is 4.74 Å². The van der Waals surface area contributed by atoms with E-state index in [1.165, 1.54) is 6.08 Å². The van der Waals surface area contributed by atoms with Gasteiger partial charge >= 0.3 is 0 Å². The lowest BCUT2D eigenvalue weighted by Crippen LogP contribution is -2.33. The van der Waals surface area contributed by atoms with Crippen molar-refractivity contribution in [3.05, 3.63) is 102 Å². The average Bonchev–Trinajstić information content (AvgIpc) is 2.79. The van der Waals surface area contributed by atoms with Gasteiger partial charge in [-0.15, -0.1) is 0 Å². The lowest BCUT2D eigenvalue weighted by molar-refractivity contribution is 0.0264. The van der Waals surface area contributed by atoms with Crippen LogP contribution in [0.1, 0.15) is 12.5 Å². The summed E-state index contributed by atoms with van der Waals surface area (Å²) in [7, 11) is 0. The molecule has 0 spiro atoms. The predicted molar refractivity (Wildman–Crippen MR) is 120 cm³/mol. The van der Waals surface area contributed by atoms with Gasteiger partial charge in [-0.3, -0.25) is 0 Å². The van der Waals surface area contributed by atoms with Gasteiger partial charge in [0.05, 0.1) is 6.61 Å². The molecule has 30 heavy (non-hydrogen) atoms. The molecule has 1 aliphatic heterocycles. The second-order valence-electron chi connectivity index (χ2n) is 7.12. The molecule has 4 rings (SSSR count). The highest BCUT2D eigenvalue weighted by Gasteiger charge is 2.23. The van der Waals surface area contributed by atoms with Gasteiger partial charge in [0.1, 0.15) is 11.5 Å². The molecule has 1 heterocycles. The molecule has 3 aromatic rings. The maximum atomic E-state index is 10.4. The molecule has 1 unspecified atom stereocenters. The van der Waals surface area contributed by atoms with Gasteiger partial charge < -0.3 is 19.8 Å². The summed E-state index contributed by atoms with van der Waals surface area (Å²) in [5, 5.41) is 20.3. The minimum atomic E-state index is -1.07. The second kappa shape index (κ2) is 8.89. The Morgan fingerprint density at radius 3 is 2.23 bits per heavy atom. The highest BCUT2D eigenvalue weighted by atomic mass is 16.5. The van der Waals surface area contributed by atoms with Crippen LogP contribution >= 0.6 is 0 Å². The van der Waals surface area contributed by atoms with Gasteiger partial charge in [0.2, 0.25) is 0 Å². The van der Waals surface area contributed by atoms with Crippen molar-refractivity contribution in [2.24, 2.45) is 0 Å². The molecular weight excluding hydrogens is 374 g/mol. The van der Waals surface area contributed by atoms with Crippen LogP contribution in [0.4, 0.5) is 0 Å². The lowest BCUT2D eigenvalue weighted by atomic mass is 9.91. The van der Waals surface area contributed by atoms with Crippen LogP contribution in [-0.4, -0.2) is 27.9 Å². The predicted octanol–water partition coefficient (Wildman–Crippen LogP) is 5.51. The van der Waals surface area contributed by atoms with E-state index in [9.17, 15) is 10.2 Å². The molecule has 0 radical (unpaired) electrons. The van der Waals surface area contributed by atoms with Gasteiger partial charge in [0, 0.05) is 23.9 Å². The largest absolute Gasteiger partial charge is 0.508 e. The van der Waals surface area contributed by atoms with E-state index in [0.717, 1.165) is 33.6 Å². The van der Waals surface area contributed by atoms with E-state index in [4.69, 9.17) is 4.74 Å². The zero-order valence-electron chi connectivity index (χ0n) is 16.9. The molecule has 0 fully saturated rings. The number of rotatable bonds is 6. The molecule has 0 saturated carbocycles. The monoisotopic (exact) mass is 399 g/mol. The summed E-state index contributed by atoms with van der Waals surface area (Å²) in [6.07, 6.45) is 3.92. The quantitative estimate of drug-likeness (QED) is 0.574. The third-order valence-electron chi connectivity index (χ3n) is 5.15. The summed E-state index contributed by atoms with van der Waals surface area (Å²) in [5.74, 6) is 0.722. The first-order valence-corrected chi connectivity index (χ1v) is 10.1. The van der Waals surface area contributed by atoms with E-state index in [1.807, 2.05) is 49.4 Å². The fourth-order valence-corrected chi connectivity index (χ4v) is 3.73. The van der Waals surface area contributed by atoms with Crippen molar-refractivity contribution in [2.45, 2.75) is 19.7 Å². The summed E-state index contributed by atoms with van der Waals surface area (Å²) in [4.78, 5) is 1.68. The highest BCUT2D eigenvalue weighted by molar-refractivity contribution is 5.88. The number of hydrogen-bond donors (Lipinski definition) is 2. The van der Waals surface area contributed by atoms with E-state index >= 15 is 0 Å². The van der Waals surface area contributed by atoms with Crippen LogP contribution in [0, 0.1) is 0 Å². The Kier molecular flexibility index (Phi) is 5.87. The molecule has 2 N–H and O–H groups in total. The first-order chi connectivity index (χ1) is 14.7. The van der Waals surface area contributed by atoms with Gasteiger partial charge in [-0.2, -0.15) is 0 Å². The summed E-state index contributed by atoms with van der Waals surface area (Å²) in [5.41, 5.74) is 5.23. The summed E-state index contributed by atoms with van der Waals surface area (Å²) in [6, 6.07) is 24.6. The van der Waals surface area contributed by atoms with Crippen LogP contribution in [0.2, 0.25) is 0 Å². The van der Waals surface area contributed by atoms with E-state index in [-0.39, 0.29) is 5.76 Å². The van der Waals surface area contributed by atoms with Crippen LogP contribution in [0.25, 0.3) is 22.3 Å². The third kappa shape index (κ3) is 3.95. The smallest absolute Gasteiger partial charge is 0.185 e. The molecule has 4 heteroatoms. The first-order valence-electron chi connectivity index (χ1n) is 10.1. The molecular formula is C26H25NO3. The van der Waals surface area contributed by atoms with Crippen molar-refractivity contribution in [1.82, 2.24) is 4.90 Å². The van der Waals surface area contributed by atoms with Crippen molar-refractivity contribution in [3.8, 4) is 28.0 Å². The Morgan fingerprint density at radius 1 is 0.900 bits per heavy atom. The van der Waals surface area contributed by atoms with E-state index in [1.54, 1.807) is 17.2 Å². The van der Waals surface area contributed by atoms with Gasteiger partial charge in [0.25, 0.3) is 0 Å². The van der Waals surface area contributed by atoms with Crippen molar-refractivity contribution in [2.75, 3.05) is 6.61 Å². The van der Waals surface area contributed by atoms with Crippen LogP contribution in [0.3, 0.4) is 0 Å². The van der Waals surface area contributed by atoms with Gasteiger partial charge in [-0.25, -0.2) is 0 Å². The molecule has 152 valence electrons. The zero-order valence-corrected chi connectivity index (χ0v) is 16.9. The molecule has 3 aromatic carbocycles. The van der Waals surface area contributed by atoms with E-state index in [2.05, 4.69) is 30.3 Å². The number of nitrogens with zero attached hydrogens (tertiary/aromatic N) is 1. The Morgan fingerprint density at radius 2 is 1.57 bits per heavy atom. The van der Waals surface area contributed by atoms with Crippen molar-refractivity contribution < 1.29 is 14.9 Å². The van der Waals surface area contributed by atoms with Crippen molar-refractivity contribution >= 4 is 0 Å². The summed E-state index contributed by atoms with van der Waals surface area (Å²) in [6.45, 7) is 2.90. The minimum Gasteiger partial charge on any atom is -0.508 e. The lowest BCUT2D eigenvalue weighted by Gasteiger charge is -2.29. The SMILES string of the molecule is CCOc1c(CN2C=CC=C(O)C2O)ccc(-c2ccccc2)c1-c1ccccc1. The van der Waals surface area contributed by atoms with Crippen molar-refractivity contribution in [1.29, 1.82) is 0 Å². The van der Waals surface area contributed by atoms with E-state index in [0.29, 0.717) is 13.2 Å². The fraction of sp³-hybridized carbons (Fsp3) is 0.154. The number of ether oxygens (including phenoxy) is 1. The average molecular weight is 399 g/mol. The molecule has 0 bridgehead atoms. The zero-order chi connectivity index (χ0) is 20.9. The van der Waals surface area contributed by atoms with Crippen molar-refractivity contribution in [3.63, 3.8) is 0 Å². The molecule has 1 atom stereocenters. The molecule has 0 saturated heterocycles. The number of allylic oxidation sites excluding steroid dienone is 2. The standard InChI is InChI=1S/C26H25NO3/c1-2-30-25-21(18-27-17-9-14-23(28)26(27)29)15-16-22(19-10-5-3-6-11-19)24(25)20-12-7-4-8-13-20/h3-17,26,28-29H,2,18H2,1H3. The third-order valence-corrected chi connectivity index (χ3v) is 5.15. The summed E-state index contributed by atoms with van der Waals surface area (Å²) < 4.78 is 6.18. The number of benzene rings is 3. The van der Waals surface area contributed by atoms with Gasteiger partial charge in [-0.05, 0) is 35.8 Å². The van der Waals surface area contributed by atoms with E-state index < -0.39 is 6.23 Å². The first kappa shape index (κ1) is 19.8. The minimum absolute atomic E-state index is 0.0698. The number of aliphatic hydroxyl groups is 2. The molecule has 0 aliphatic carbocycles. The number of aliphatic hydroxyl groups excluding tert-OH is 2. The Hall–Kier alpha value is -3.50. The topological polar surface area (TPSA) is 52.9 Å². The Bertz CT molecular complexity index is 1060. The Labute approximate surface area is 177 Å². The van der Waals surface area contributed by atoms with Crippen LogP contribution in [-0.2, 0) is 6.54 Å². The normalized spacial score (nSPS) is 15.7. The fourth-order valence-electron chi connectivity index (χ4n) is 3.73. The molecule has 1 aliphatic rings. The van der Waals surface area contributed by atoms with Crippen LogP contribution in [0.15, 0.2) is 96.9 Å². The highest BCUT2D eigenvalue weighted by Crippen LogP contribution is 2.42. The van der Waals surface area contributed by atoms with Crippen LogP contribution in [0.5, 0.6) is 5.75 Å². The Balaban J connectivity index is 1.86. The maximum Gasteiger partial charge on any atom is 0.185 e. The molecule has 4 nitrogen and oxygen atoms in total. The van der Waals surface area contributed by atoms with Gasteiger partial charge in [0.15, 0.2) is 6.23 Å². The molecule has 0 aromatic heterocycles. The van der Waals surface area contributed by atoms with Gasteiger partial charge in [-0.1, -0.05) is 72.8 Å².